The second-order valence-corrected chi connectivity index (χ2v) is 5.87. The minimum Gasteiger partial charge on any atom is -0.488 e. The summed E-state index contributed by atoms with van der Waals surface area (Å²) in [6.45, 7) is -1.46. The summed E-state index contributed by atoms with van der Waals surface area (Å²) in [6.07, 6.45) is -2.62. The maximum Gasteiger partial charge on any atom is 0.318 e. The number of hydrogen-bond donors (Lipinski definition) is 1. The average Bonchev–Trinajstić information content (AvgIpc) is 2.36. The first-order valence-corrected chi connectivity index (χ1v) is 6.86. The van der Waals surface area contributed by atoms with Crippen molar-refractivity contribution in [2.45, 2.75) is 11.3 Å². The first-order chi connectivity index (χ1) is 9.23. The van der Waals surface area contributed by atoms with Crippen LogP contribution in [0.5, 0.6) is 5.75 Å². The van der Waals surface area contributed by atoms with E-state index in [9.17, 15) is 22.0 Å². The van der Waals surface area contributed by atoms with E-state index in [1.54, 1.807) is 0 Å². The van der Waals surface area contributed by atoms with Crippen LogP contribution in [0.4, 0.5) is 8.78 Å². The summed E-state index contributed by atoms with van der Waals surface area (Å²) in [5, 5.41) is 8.56. The number of carboxylic acids is 1. The Labute approximate surface area is 114 Å². The third-order valence-corrected chi connectivity index (χ3v) is 4.08. The molecule has 0 aliphatic heterocycles. The summed E-state index contributed by atoms with van der Waals surface area (Å²) < 4.78 is 53.1. The van der Waals surface area contributed by atoms with Crippen molar-refractivity contribution in [3.05, 3.63) is 24.3 Å². The van der Waals surface area contributed by atoms with Crippen molar-refractivity contribution in [1.29, 1.82) is 0 Å². The van der Waals surface area contributed by atoms with Crippen molar-refractivity contribution < 1.29 is 31.8 Å². The van der Waals surface area contributed by atoms with Gasteiger partial charge in [-0.05, 0) is 24.3 Å². The molecule has 0 amide bonds. The first-order valence-electron chi connectivity index (χ1n) is 5.42. The van der Waals surface area contributed by atoms with E-state index in [1.165, 1.54) is 12.1 Å². The van der Waals surface area contributed by atoms with Gasteiger partial charge in [0, 0.05) is 7.05 Å². The van der Waals surface area contributed by atoms with Crippen molar-refractivity contribution in [3.63, 3.8) is 0 Å². The van der Waals surface area contributed by atoms with Crippen LogP contribution in [0.2, 0.25) is 0 Å². The van der Waals surface area contributed by atoms with Gasteiger partial charge in [0.15, 0.2) is 0 Å². The Bertz CT molecular complexity index is 559. The number of ether oxygens (including phenoxy) is 1. The van der Waals surface area contributed by atoms with Crippen LogP contribution in [0, 0.1) is 0 Å². The molecule has 9 heteroatoms. The van der Waals surface area contributed by atoms with Crippen LogP contribution >= 0.6 is 0 Å². The number of carboxylic acid groups (broad SMARTS) is 1. The number of rotatable bonds is 7. The lowest BCUT2D eigenvalue weighted by atomic mass is 10.3. The fraction of sp³-hybridized carbons (Fsp3) is 0.364. The van der Waals surface area contributed by atoms with Gasteiger partial charge in [-0.1, -0.05) is 0 Å². The van der Waals surface area contributed by atoms with Gasteiger partial charge in [-0.2, -0.15) is 4.31 Å². The van der Waals surface area contributed by atoms with Gasteiger partial charge in [0.05, 0.1) is 4.90 Å². The van der Waals surface area contributed by atoms with Crippen molar-refractivity contribution in [1.82, 2.24) is 4.31 Å². The highest BCUT2D eigenvalue weighted by Crippen LogP contribution is 2.19. The molecule has 0 atom stereocenters. The maximum atomic E-state index is 11.9. The molecule has 112 valence electrons. The minimum atomic E-state index is -3.93. The number of likely N-dealkylation sites (N-methyl/N-ethyl adjacent to an activating group) is 1. The lowest BCUT2D eigenvalue weighted by molar-refractivity contribution is -0.137. The number of hydrogen-bond acceptors (Lipinski definition) is 4. The van der Waals surface area contributed by atoms with Gasteiger partial charge in [0.1, 0.15) is 18.9 Å². The Kier molecular flexibility index (Phi) is 5.40. The molecule has 0 spiro atoms. The van der Waals surface area contributed by atoms with Gasteiger partial charge < -0.3 is 9.84 Å². The summed E-state index contributed by atoms with van der Waals surface area (Å²) in [4.78, 5) is 10.3. The third-order valence-electron chi connectivity index (χ3n) is 2.27. The lowest BCUT2D eigenvalue weighted by Crippen LogP contribution is -2.31. The number of benzene rings is 1. The van der Waals surface area contributed by atoms with Gasteiger partial charge in [-0.3, -0.25) is 4.79 Å². The fourth-order valence-electron chi connectivity index (χ4n) is 1.32. The molecule has 0 aliphatic carbocycles. The molecule has 1 N–H and O–H groups in total. The molecule has 0 saturated heterocycles. The molecular weight excluding hydrogens is 296 g/mol. The second kappa shape index (κ2) is 6.62. The van der Waals surface area contributed by atoms with E-state index in [4.69, 9.17) is 9.84 Å². The zero-order valence-electron chi connectivity index (χ0n) is 10.5. The van der Waals surface area contributed by atoms with Crippen LogP contribution in [0.3, 0.4) is 0 Å². The summed E-state index contributed by atoms with van der Waals surface area (Å²) in [7, 11) is -2.80. The minimum absolute atomic E-state index is 0.102. The van der Waals surface area contributed by atoms with Crippen LogP contribution in [0.15, 0.2) is 29.2 Å². The lowest BCUT2D eigenvalue weighted by Gasteiger charge is -2.15. The smallest absolute Gasteiger partial charge is 0.318 e. The summed E-state index contributed by atoms with van der Waals surface area (Å²) in [5.41, 5.74) is 0. The summed E-state index contributed by atoms with van der Waals surface area (Å²) in [6, 6.07) is 4.77. The summed E-state index contributed by atoms with van der Waals surface area (Å²) >= 11 is 0. The molecule has 0 unspecified atom stereocenters. The van der Waals surface area contributed by atoms with E-state index in [0.29, 0.717) is 4.31 Å². The van der Waals surface area contributed by atoms with E-state index >= 15 is 0 Å². The van der Waals surface area contributed by atoms with E-state index in [-0.39, 0.29) is 10.6 Å². The molecule has 0 heterocycles. The van der Waals surface area contributed by atoms with E-state index in [0.717, 1.165) is 19.2 Å². The molecular formula is C11H13F2NO5S. The van der Waals surface area contributed by atoms with Gasteiger partial charge in [0.25, 0.3) is 6.43 Å². The average molecular weight is 309 g/mol. The topological polar surface area (TPSA) is 83.9 Å². The van der Waals surface area contributed by atoms with Crippen LogP contribution < -0.4 is 4.74 Å². The standard InChI is InChI=1S/C11H13F2NO5S/c1-14(6-11(15)16)20(17,18)9-4-2-8(3-5-9)19-7-10(12)13/h2-5,10H,6-7H2,1H3,(H,15,16). The van der Waals surface area contributed by atoms with Crippen molar-refractivity contribution >= 4 is 16.0 Å². The molecule has 0 aromatic heterocycles. The molecule has 0 radical (unpaired) electrons. The number of halogens is 2. The van der Waals surface area contributed by atoms with Gasteiger partial charge >= 0.3 is 5.97 Å². The first kappa shape index (κ1) is 16.3. The van der Waals surface area contributed by atoms with E-state index < -0.39 is 35.6 Å². The van der Waals surface area contributed by atoms with Crippen LogP contribution in [-0.4, -0.2) is 50.4 Å². The molecule has 20 heavy (non-hydrogen) atoms. The van der Waals surface area contributed by atoms with Crippen LogP contribution in [0.1, 0.15) is 0 Å². The molecule has 1 aromatic rings. The normalized spacial score (nSPS) is 11.8. The molecule has 0 fully saturated rings. The second-order valence-electron chi connectivity index (χ2n) is 3.83. The zero-order valence-corrected chi connectivity index (χ0v) is 11.3. The van der Waals surface area contributed by atoms with Crippen molar-refractivity contribution in [2.24, 2.45) is 0 Å². The third kappa shape index (κ3) is 4.42. The molecule has 0 saturated carbocycles. The molecule has 0 aliphatic rings. The van der Waals surface area contributed by atoms with E-state index in [2.05, 4.69) is 0 Å². The highest BCUT2D eigenvalue weighted by Gasteiger charge is 2.22. The Morgan fingerprint density at radius 1 is 1.35 bits per heavy atom. The van der Waals surface area contributed by atoms with E-state index in [1.807, 2.05) is 0 Å². The monoisotopic (exact) mass is 309 g/mol. The largest absolute Gasteiger partial charge is 0.488 e. The quantitative estimate of drug-likeness (QED) is 0.813. The molecule has 1 rings (SSSR count). The molecule has 1 aromatic carbocycles. The van der Waals surface area contributed by atoms with Crippen molar-refractivity contribution in [2.75, 3.05) is 20.2 Å². The highest BCUT2D eigenvalue weighted by molar-refractivity contribution is 7.89. The van der Waals surface area contributed by atoms with Gasteiger partial charge in [0.2, 0.25) is 10.0 Å². The highest BCUT2D eigenvalue weighted by atomic mass is 32.2. The Hall–Kier alpha value is -1.74. The molecule has 6 nitrogen and oxygen atoms in total. The van der Waals surface area contributed by atoms with Crippen LogP contribution in [-0.2, 0) is 14.8 Å². The predicted octanol–water partition coefficient (Wildman–Crippen LogP) is 1.04. The summed E-state index contributed by atoms with van der Waals surface area (Å²) in [5.74, 6) is -1.18. The number of nitrogens with zero attached hydrogens (tertiary/aromatic N) is 1. The predicted molar refractivity (Wildman–Crippen MR) is 65.4 cm³/mol. The number of sulfonamides is 1. The van der Waals surface area contributed by atoms with Gasteiger partial charge in [-0.15, -0.1) is 0 Å². The maximum absolute atomic E-state index is 11.9. The Morgan fingerprint density at radius 2 is 1.90 bits per heavy atom. The number of carbonyl (C=O) groups is 1. The fourth-order valence-corrected chi connectivity index (χ4v) is 2.44. The van der Waals surface area contributed by atoms with Crippen LogP contribution in [0.25, 0.3) is 0 Å². The Balaban J connectivity index is 2.84. The van der Waals surface area contributed by atoms with Crippen molar-refractivity contribution in [3.8, 4) is 5.75 Å². The number of aliphatic carboxylic acids is 1. The zero-order chi connectivity index (χ0) is 15.3. The SMILES string of the molecule is CN(CC(=O)O)S(=O)(=O)c1ccc(OCC(F)F)cc1. The van der Waals surface area contributed by atoms with Gasteiger partial charge in [-0.25, -0.2) is 17.2 Å². The molecule has 0 bridgehead atoms. The number of alkyl halides is 2. The Morgan fingerprint density at radius 3 is 2.35 bits per heavy atom.